The third-order valence-corrected chi connectivity index (χ3v) is 14.0. The number of thiazole rings is 1. The van der Waals surface area contributed by atoms with Crippen LogP contribution in [0.4, 0.5) is 33.3 Å². The third kappa shape index (κ3) is 13.7. The van der Waals surface area contributed by atoms with Gasteiger partial charge in [-0.2, -0.15) is 18.4 Å². The van der Waals surface area contributed by atoms with Crippen LogP contribution in [-0.2, 0) is 36.6 Å². The molecule has 3 aromatic carbocycles. The quantitative estimate of drug-likeness (QED) is 0.0326. The van der Waals surface area contributed by atoms with Crippen LogP contribution in [0.1, 0.15) is 82.7 Å². The van der Waals surface area contributed by atoms with E-state index in [4.69, 9.17) is 26.4 Å². The molecule has 0 aliphatic carbocycles. The van der Waals surface area contributed by atoms with E-state index >= 15 is 8.78 Å². The van der Waals surface area contributed by atoms with E-state index < -0.39 is 63.6 Å². The summed E-state index contributed by atoms with van der Waals surface area (Å²) in [5, 5.41) is 14.9. The van der Waals surface area contributed by atoms with Gasteiger partial charge in [-0.1, -0.05) is 45.0 Å². The highest BCUT2D eigenvalue weighted by atomic mass is 32.1. The number of anilines is 2. The molecule has 0 radical (unpaired) electrons. The second-order valence-corrected chi connectivity index (χ2v) is 20.8. The van der Waals surface area contributed by atoms with Crippen LogP contribution in [0, 0.1) is 35.3 Å². The number of pyridine rings is 1. The molecular formula is C54H59F5N8O7S2. The Kier molecular flexibility index (Phi) is 18.9. The van der Waals surface area contributed by atoms with Gasteiger partial charge in [0, 0.05) is 38.4 Å². The number of aryl methyl sites for hydroxylation is 1. The molecule has 0 spiro atoms. The third-order valence-electron chi connectivity index (χ3n) is 12.6. The molecule has 1 aliphatic heterocycles. The number of benzene rings is 3. The lowest BCUT2D eigenvalue weighted by Crippen LogP contribution is -2.58. The molecule has 6 rings (SSSR count). The van der Waals surface area contributed by atoms with Crippen molar-refractivity contribution in [2.24, 2.45) is 5.41 Å². The first kappa shape index (κ1) is 58.2. The highest BCUT2D eigenvalue weighted by Gasteiger charge is 2.42. The topological polar surface area (TPSA) is 179 Å². The van der Waals surface area contributed by atoms with Gasteiger partial charge in [-0.15, -0.1) is 11.3 Å². The van der Waals surface area contributed by atoms with Crippen molar-refractivity contribution in [3.05, 3.63) is 106 Å². The van der Waals surface area contributed by atoms with Crippen LogP contribution in [0.3, 0.4) is 0 Å². The molecule has 76 heavy (non-hydrogen) atoms. The van der Waals surface area contributed by atoms with Gasteiger partial charge in [0.15, 0.2) is 22.5 Å². The van der Waals surface area contributed by atoms with E-state index in [1.807, 2.05) is 58.0 Å². The Morgan fingerprint density at radius 1 is 1.01 bits per heavy atom. The van der Waals surface area contributed by atoms with Crippen LogP contribution in [-0.4, -0.2) is 102 Å². The Morgan fingerprint density at radius 3 is 2.34 bits per heavy atom. The second kappa shape index (κ2) is 24.7. The standard InChI is InChI=1S/C54H59F5N8O7S2/c1-32-47(76-31-63-32)34-15-13-33(14-16-34)27-62-49(70)42-12-11-21-66(42)50(71)48(52(2,3)4)64-43(69)29-73-22-9-10-23-74-37-18-19-38(39(25-37)54(57,58)59)45-40(55)24-36(28-61-45)67(53(5,6)30-68)51(75)65(7)41-20-17-35(26-60)46(72-8)44(41)56/h13-20,24-25,28,30-31,42,48H,9-12,21-23,27,29H2,1-8H3,(H,62,70)(H,64,69). The second-order valence-electron chi connectivity index (χ2n) is 19.6. The lowest BCUT2D eigenvalue weighted by molar-refractivity contribution is -0.144. The number of alkyl halides is 3. The number of aromatic nitrogens is 2. The number of carbonyl (C=O) groups excluding carboxylic acids is 4. The van der Waals surface area contributed by atoms with Gasteiger partial charge >= 0.3 is 6.18 Å². The number of aldehydes is 1. The van der Waals surface area contributed by atoms with Gasteiger partial charge in [-0.25, -0.2) is 13.8 Å². The largest absolute Gasteiger partial charge is 0.494 e. The number of methoxy groups -OCH3 is 1. The molecule has 2 aromatic heterocycles. The van der Waals surface area contributed by atoms with Gasteiger partial charge in [-0.05, 0) is 106 Å². The minimum absolute atomic E-state index is 0.0337. The molecular weight excluding hydrogens is 1030 g/mol. The number of nitrogens with zero attached hydrogens (tertiary/aromatic N) is 6. The number of carbonyl (C=O) groups is 4. The SMILES string of the molecule is COc1c(C#N)ccc(N(C)C(=S)N(c2cnc(-c3ccc(OCCCCOCC(=O)NC(C(=O)N4CCCC4C(=O)NCc4ccc(-c5scnc5C)cc4)C(C)(C)C)cc3C(F)(F)F)c(F)c2)C(C)(C)C=O)c1F. The fourth-order valence-corrected chi connectivity index (χ4v) is 9.78. The minimum Gasteiger partial charge on any atom is -0.494 e. The highest BCUT2D eigenvalue weighted by Crippen LogP contribution is 2.41. The van der Waals surface area contributed by atoms with Gasteiger partial charge in [0.05, 0.1) is 64.0 Å². The minimum atomic E-state index is -4.98. The van der Waals surface area contributed by atoms with Crippen molar-refractivity contribution in [2.45, 2.75) is 97.6 Å². The summed E-state index contributed by atoms with van der Waals surface area (Å²) in [7, 11) is 2.54. The van der Waals surface area contributed by atoms with E-state index in [2.05, 4.69) is 20.6 Å². The average molecular weight is 1090 g/mol. The Balaban J connectivity index is 1.01. The maximum Gasteiger partial charge on any atom is 0.417 e. The van der Waals surface area contributed by atoms with Crippen LogP contribution < -0.4 is 29.9 Å². The van der Waals surface area contributed by atoms with Gasteiger partial charge in [0.2, 0.25) is 17.7 Å². The van der Waals surface area contributed by atoms with Crippen molar-refractivity contribution >= 4 is 64.0 Å². The summed E-state index contributed by atoms with van der Waals surface area (Å²) in [6, 6.07) is 14.4. The summed E-state index contributed by atoms with van der Waals surface area (Å²) in [5.41, 5.74) is -0.421. The summed E-state index contributed by atoms with van der Waals surface area (Å²) in [6.45, 7) is 10.6. The molecule has 1 aliphatic rings. The first-order valence-electron chi connectivity index (χ1n) is 24.2. The molecule has 1 saturated heterocycles. The van der Waals surface area contributed by atoms with Crippen molar-refractivity contribution in [1.29, 1.82) is 5.26 Å². The van der Waals surface area contributed by atoms with Gasteiger partial charge in [0.25, 0.3) is 0 Å². The lowest BCUT2D eigenvalue weighted by atomic mass is 9.85. The van der Waals surface area contributed by atoms with Gasteiger partial charge in [-0.3, -0.25) is 19.4 Å². The van der Waals surface area contributed by atoms with Crippen molar-refractivity contribution in [1.82, 2.24) is 25.5 Å². The monoisotopic (exact) mass is 1090 g/mol. The van der Waals surface area contributed by atoms with Crippen molar-refractivity contribution in [3.63, 3.8) is 0 Å². The first-order chi connectivity index (χ1) is 35.9. The van der Waals surface area contributed by atoms with Crippen LogP contribution in [0.5, 0.6) is 11.5 Å². The molecule has 0 bridgehead atoms. The number of unbranched alkanes of at least 4 members (excludes halogenated alkanes) is 1. The van der Waals surface area contributed by atoms with E-state index in [1.165, 1.54) is 51.1 Å². The zero-order chi connectivity index (χ0) is 55.7. The molecule has 3 heterocycles. The summed E-state index contributed by atoms with van der Waals surface area (Å²) < 4.78 is 91.6. The predicted molar refractivity (Wildman–Crippen MR) is 282 cm³/mol. The number of thiocarbonyl (C=S) groups is 1. The molecule has 5 aromatic rings. The summed E-state index contributed by atoms with van der Waals surface area (Å²) in [4.78, 5) is 66.1. The van der Waals surface area contributed by atoms with Crippen molar-refractivity contribution < 1.29 is 55.3 Å². The number of rotatable bonds is 20. The Bertz CT molecular complexity index is 2980. The van der Waals surface area contributed by atoms with Crippen molar-refractivity contribution in [2.75, 3.05) is 50.3 Å². The summed E-state index contributed by atoms with van der Waals surface area (Å²) >= 11 is 7.21. The zero-order valence-corrected chi connectivity index (χ0v) is 44.9. The van der Waals surface area contributed by atoms with Crippen LogP contribution >= 0.6 is 23.6 Å². The fraction of sp³-hybridized carbons (Fsp3) is 0.407. The summed E-state index contributed by atoms with van der Waals surface area (Å²) in [5.74, 6) is -3.85. The molecule has 3 amide bonds. The number of hydrogen-bond acceptors (Lipinski definition) is 12. The van der Waals surface area contributed by atoms with Crippen LogP contribution in [0.25, 0.3) is 21.7 Å². The molecule has 2 N–H and O–H groups in total. The first-order valence-corrected chi connectivity index (χ1v) is 25.5. The highest BCUT2D eigenvalue weighted by molar-refractivity contribution is 7.80. The van der Waals surface area contributed by atoms with E-state index in [9.17, 15) is 37.6 Å². The van der Waals surface area contributed by atoms with E-state index in [0.29, 0.717) is 38.5 Å². The van der Waals surface area contributed by atoms with Gasteiger partial charge in [0.1, 0.15) is 42.5 Å². The maximum absolute atomic E-state index is 16.0. The number of halogens is 5. The number of amides is 3. The Hall–Kier alpha value is -7.09. The maximum atomic E-state index is 16.0. The fourth-order valence-electron chi connectivity index (χ4n) is 8.53. The molecule has 2 unspecified atom stereocenters. The van der Waals surface area contributed by atoms with Crippen LogP contribution in [0.2, 0.25) is 0 Å². The Morgan fingerprint density at radius 2 is 1.72 bits per heavy atom. The van der Waals surface area contributed by atoms with Gasteiger partial charge < -0.3 is 44.3 Å². The van der Waals surface area contributed by atoms with E-state index in [-0.39, 0.29) is 71.7 Å². The average Bonchev–Trinajstić information content (AvgIpc) is 4.06. The summed E-state index contributed by atoms with van der Waals surface area (Å²) in [6.07, 6.45) is -1.66. The normalized spacial score (nSPS) is 14.1. The molecule has 0 saturated carbocycles. The molecule has 22 heteroatoms. The Labute approximate surface area is 447 Å². The number of ether oxygens (including phenoxy) is 3. The number of nitrogens with one attached hydrogen (secondary N) is 2. The van der Waals surface area contributed by atoms with Crippen molar-refractivity contribution in [3.8, 4) is 39.3 Å². The van der Waals surface area contributed by atoms with E-state index in [1.54, 1.807) is 16.8 Å². The van der Waals surface area contributed by atoms with E-state index in [0.717, 1.165) is 55.9 Å². The predicted octanol–water partition coefficient (Wildman–Crippen LogP) is 9.58. The molecule has 404 valence electrons. The molecule has 1 fully saturated rings. The molecule has 15 nitrogen and oxygen atoms in total. The lowest BCUT2D eigenvalue weighted by Gasteiger charge is -2.39. The number of hydrogen-bond donors (Lipinski definition) is 2. The molecule has 2 atom stereocenters. The number of likely N-dealkylation sites (tertiary alicyclic amines) is 1. The number of nitriles is 1. The smallest absolute Gasteiger partial charge is 0.417 e. The van der Waals surface area contributed by atoms with Crippen LogP contribution in [0.15, 0.2) is 72.4 Å². The zero-order valence-electron chi connectivity index (χ0n) is 43.3.